The van der Waals surface area contributed by atoms with Crippen LogP contribution < -0.4 is 5.73 Å². The van der Waals surface area contributed by atoms with Crippen LogP contribution >= 0.6 is 11.8 Å². The van der Waals surface area contributed by atoms with Crippen molar-refractivity contribution < 1.29 is 0 Å². The summed E-state index contributed by atoms with van der Waals surface area (Å²) in [7, 11) is 0. The summed E-state index contributed by atoms with van der Waals surface area (Å²) in [4.78, 5) is 8.03. The lowest BCUT2D eigenvalue weighted by atomic mass is 10.4. The number of thioether (sulfide) groups is 1. The van der Waals surface area contributed by atoms with Gasteiger partial charge in [0.05, 0.1) is 11.4 Å². The zero-order valence-electron chi connectivity index (χ0n) is 6.66. The zero-order chi connectivity index (χ0) is 8.27. The molecule has 0 spiro atoms. The monoisotopic (exact) mass is 169 g/mol. The van der Waals surface area contributed by atoms with Crippen molar-refractivity contribution in [2.45, 2.75) is 18.9 Å². The van der Waals surface area contributed by atoms with Crippen molar-refractivity contribution in [3.63, 3.8) is 0 Å². The van der Waals surface area contributed by atoms with Gasteiger partial charge >= 0.3 is 0 Å². The summed E-state index contributed by atoms with van der Waals surface area (Å²) in [5.74, 6) is 0.987. The number of hydrogen-bond donors (Lipinski definition) is 1. The van der Waals surface area contributed by atoms with Crippen LogP contribution in [0.1, 0.15) is 12.6 Å². The van der Waals surface area contributed by atoms with E-state index >= 15 is 0 Å². The quantitative estimate of drug-likeness (QED) is 0.538. The Balaban J connectivity index is 2.96. The summed E-state index contributed by atoms with van der Waals surface area (Å²) < 4.78 is 0. The van der Waals surface area contributed by atoms with Gasteiger partial charge in [0.2, 0.25) is 0 Å². The molecular weight excluding hydrogens is 158 g/mol. The average molecular weight is 169 g/mol. The van der Waals surface area contributed by atoms with Gasteiger partial charge in [-0.15, -0.1) is 11.8 Å². The van der Waals surface area contributed by atoms with Crippen molar-refractivity contribution in [1.29, 1.82) is 0 Å². The van der Waals surface area contributed by atoms with E-state index in [0.717, 1.165) is 16.5 Å². The standard InChI is InChI=1S/C7H11N3S/c1-3-11-7-6(8)5(2)9-4-10-7/h4H,3,8H2,1-2H3. The number of nitrogens with zero attached hydrogens (tertiary/aromatic N) is 2. The van der Waals surface area contributed by atoms with Crippen LogP contribution in [0.5, 0.6) is 0 Å². The molecule has 0 unspecified atom stereocenters. The number of aromatic nitrogens is 2. The van der Waals surface area contributed by atoms with E-state index in [2.05, 4.69) is 16.9 Å². The van der Waals surface area contributed by atoms with Gasteiger partial charge in [0.25, 0.3) is 0 Å². The molecule has 1 aromatic rings. The molecule has 0 aliphatic carbocycles. The number of aryl methyl sites for hydroxylation is 1. The van der Waals surface area contributed by atoms with Gasteiger partial charge in [-0.2, -0.15) is 0 Å². The van der Waals surface area contributed by atoms with Crippen molar-refractivity contribution in [3.8, 4) is 0 Å². The van der Waals surface area contributed by atoms with Gasteiger partial charge in [0, 0.05) is 0 Å². The molecule has 1 heterocycles. The predicted octanol–water partition coefficient (Wildman–Crippen LogP) is 1.48. The molecule has 0 fully saturated rings. The average Bonchev–Trinajstić information content (AvgIpc) is 1.99. The summed E-state index contributed by atoms with van der Waals surface area (Å²) >= 11 is 1.64. The van der Waals surface area contributed by atoms with Crippen LogP contribution in [-0.2, 0) is 0 Å². The maximum absolute atomic E-state index is 5.72. The highest BCUT2D eigenvalue weighted by molar-refractivity contribution is 7.99. The molecule has 0 bridgehead atoms. The van der Waals surface area contributed by atoms with E-state index < -0.39 is 0 Å². The third kappa shape index (κ3) is 1.83. The number of rotatable bonds is 2. The van der Waals surface area contributed by atoms with Crippen LogP contribution in [0, 0.1) is 6.92 Å². The van der Waals surface area contributed by atoms with Crippen LogP contribution in [0.25, 0.3) is 0 Å². The molecule has 0 amide bonds. The Morgan fingerprint density at radius 1 is 1.55 bits per heavy atom. The summed E-state index contributed by atoms with van der Waals surface area (Å²) in [6, 6.07) is 0. The van der Waals surface area contributed by atoms with Gasteiger partial charge in [0.15, 0.2) is 0 Å². The molecular formula is C7H11N3S. The molecule has 0 atom stereocenters. The molecule has 0 radical (unpaired) electrons. The van der Waals surface area contributed by atoms with E-state index in [0.29, 0.717) is 5.69 Å². The van der Waals surface area contributed by atoms with Crippen LogP contribution in [-0.4, -0.2) is 15.7 Å². The van der Waals surface area contributed by atoms with Gasteiger partial charge in [-0.3, -0.25) is 0 Å². The Bertz CT molecular complexity index is 249. The number of hydrogen-bond acceptors (Lipinski definition) is 4. The Labute approximate surface area is 70.4 Å². The van der Waals surface area contributed by atoms with Crippen molar-refractivity contribution >= 4 is 17.4 Å². The largest absolute Gasteiger partial charge is 0.395 e. The number of nitrogen functional groups attached to an aromatic ring is 1. The first-order valence-corrected chi connectivity index (χ1v) is 4.44. The number of anilines is 1. The summed E-state index contributed by atoms with van der Waals surface area (Å²) in [5.41, 5.74) is 7.29. The first-order chi connectivity index (χ1) is 5.25. The normalized spacial score (nSPS) is 10.0. The highest BCUT2D eigenvalue weighted by Crippen LogP contribution is 2.22. The molecule has 2 N–H and O–H groups in total. The zero-order valence-corrected chi connectivity index (χ0v) is 7.48. The lowest BCUT2D eigenvalue weighted by Gasteiger charge is -2.02. The Hall–Kier alpha value is -0.770. The molecule has 0 aliphatic heterocycles. The molecule has 11 heavy (non-hydrogen) atoms. The fourth-order valence-corrected chi connectivity index (χ4v) is 1.41. The highest BCUT2D eigenvalue weighted by Gasteiger charge is 2.02. The maximum atomic E-state index is 5.72. The van der Waals surface area contributed by atoms with Crippen molar-refractivity contribution in [3.05, 3.63) is 12.0 Å². The first-order valence-electron chi connectivity index (χ1n) is 3.45. The Morgan fingerprint density at radius 3 is 2.91 bits per heavy atom. The van der Waals surface area contributed by atoms with Gasteiger partial charge in [-0.05, 0) is 12.7 Å². The van der Waals surface area contributed by atoms with Crippen molar-refractivity contribution in [2.24, 2.45) is 0 Å². The van der Waals surface area contributed by atoms with Gasteiger partial charge in [-0.25, -0.2) is 9.97 Å². The third-order valence-corrected chi connectivity index (χ3v) is 2.22. The molecule has 0 saturated heterocycles. The van der Waals surface area contributed by atoms with E-state index in [4.69, 9.17) is 5.73 Å². The summed E-state index contributed by atoms with van der Waals surface area (Å²) in [6.45, 7) is 3.96. The SMILES string of the molecule is CCSc1ncnc(C)c1N. The molecule has 0 aromatic carbocycles. The first kappa shape index (κ1) is 8.33. The Morgan fingerprint density at radius 2 is 2.27 bits per heavy atom. The lowest BCUT2D eigenvalue weighted by molar-refractivity contribution is 1.02. The van der Waals surface area contributed by atoms with Crippen molar-refractivity contribution in [2.75, 3.05) is 11.5 Å². The van der Waals surface area contributed by atoms with E-state index in [-0.39, 0.29) is 0 Å². The smallest absolute Gasteiger partial charge is 0.123 e. The van der Waals surface area contributed by atoms with Crippen LogP contribution in [0.15, 0.2) is 11.4 Å². The second-order valence-electron chi connectivity index (χ2n) is 2.11. The molecule has 60 valence electrons. The minimum absolute atomic E-state index is 0.708. The minimum Gasteiger partial charge on any atom is -0.395 e. The van der Waals surface area contributed by atoms with Crippen LogP contribution in [0.3, 0.4) is 0 Å². The predicted molar refractivity (Wildman–Crippen MR) is 47.6 cm³/mol. The van der Waals surface area contributed by atoms with Gasteiger partial charge < -0.3 is 5.73 Å². The molecule has 0 saturated carbocycles. The molecule has 3 nitrogen and oxygen atoms in total. The van der Waals surface area contributed by atoms with Crippen LogP contribution in [0.4, 0.5) is 5.69 Å². The molecule has 0 aliphatic rings. The Kier molecular flexibility index (Phi) is 2.70. The van der Waals surface area contributed by atoms with E-state index in [1.165, 1.54) is 0 Å². The van der Waals surface area contributed by atoms with Gasteiger partial charge in [-0.1, -0.05) is 6.92 Å². The number of nitrogens with two attached hydrogens (primary N) is 1. The lowest BCUT2D eigenvalue weighted by Crippen LogP contribution is -1.97. The summed E-state index contributed by atoms with van der Waals surface area (Å²) in [6.07, 6.45) is 1.55. The fourth-order valence-electron chi connectivity index (χ4n) is 0.713. The fraction of sp³-hybridized carbons (Fsp3) is 0.429. The maximum Gasteiger partial charge on any atom is 0.123 e. The molecule has 1 aromatic heterocycles. The second-order valence-corrected chi connectivity index (χ2v) is 3.36. The molecule has 1 rings (SSSR count). The topological polar surface area (TPSA) is 51.8 Å². The highest BCUT2D eigenvalue weighted by atomic mass is 32.2. The van der Waals surface area contributed by atoms with Crippen molar-refractivity contribution in [1.82, 2.24) is 9.97 Å². The van der Waals surface area contributed by atoms with E-state index in [1.54, 1.807) is 18.1 Å². The van der Waals surface area contributed by atoms with Crippen LogP contribution in [0.2, 0.25) is 0 Å². The molecule has 4 heteroatoms. The van der Waals surface area contributed by atoms with Gasteiger partial charge in [0.1, 0.15) is 11.4 Å². The minimum atomic E-state index is 0.708. The summed E-state index contributed by atoms with van der Waals surface area (Å²) in [5, 5.41) is 0.889. The third-order valence-electron chi connectivity index (χ3n) is 1.33. The van der Waals surface area contributed by atoms with E-state index in [9.17, 15) is 0 Å². The second kappa shape index (κ2) is 3.57. The van der Waals surface area contributed by atoms with E-state index in [1.807, 2.05) is 6.92 Å².